The summed E-state index contributed by atoms with van der Waals surface area (Å²) in [4.78, 5) is 15.9. The van der Waals surface area contributed by atoms with Gasteiger partial charge in [-0.15, -0.1) is 0 Å². The molecule has 0 aromatic heterocycles. The zero-order valence-corrected chi connectivity index (χ0v) is 12.4. The molecule has 104 valence electrons. The highest BCUT2D eigenvalue weighted by molar-refractivity contribution is 5.73. The van der Waals surface area contributed by atoms with Gasteiger partial charge < -0.3 is 4.90 Å². The lowest BCUT2D eigenvalue weighted by atomic mass is 9.91. The van der Waals surface area contributed by atoms with Crippen molar-refractivity contribution < 1.29 is 4.79 Å². The molecule has 1 amide bonds. The number of piperazine rings is 1. The third kappa shape index (κ3) is 2.98. The van der Waals surface area contributed by atoms with E-state index in [9.17, 15) is 4.79 Å². The number of hydrogen-bond acceptors (Lipinski definition) is 2. The zero-order valence-electron chi connectivity index (χ0n) is 12.4. The lowest BCUT2D eigenvalue weighted by Crippen LogP contribution is -2.48. The van der Waals surface area contributed by atoms with Crippen molar-refractivity contribution >= 4 is 5.91 Å². The maximum absolute atomic E-state index is 11.6. The number of rotatable bonds is 2. The molecule has 1 aliphatic heterocycles. The molecule has 1 aromatic carbocycles. The summed E-state index contributed by atoms with van der Waals surface area (Å²) in [6.45, 7) is 8.70. The van der Waals surface area contributed by atoms with E-state index in [1.165, 1.54) is 11.1 Å². The monoisotopic (exact) mass is 260 g/mol. The van der Waals surface area contributed by atoms with E-state index in [-0.39, 0.29) is 5.91 Å². The minimum atomic E-state index is 0.181. The molecule has 0 bridgehead atoms. The van der Waals surface area contributed by atoms with Gasteiger partial charge in [-0.05, 0) is 24.1 Å². The van der Waals surface area contributed by atoms with Crippen molar-refractivity contribution in [1.82, 2.24) is 9.80 Å². The summed E-state index contributed by atoms with van der Waals surface area (Å²) < 4.78 is 0. The molecule has 0 saturated carbocycles. The lowest BCUT2D eigenvalue weighted by Gasteiger charge is -2.40. The number of carbonyl (C=O) groups excluding carboxylic acids is 1. The third-order valence-electron chi connectivity index (χ3n) is 4.07. The molecule has 1 aliphatic rings. The van der Waals surface area contributed by atoms with E-state index in [0.717, 1.165) is 19.6 Å². The molecule has 1 fully saturated rings. The number of likely N-dealkylation sites (N-methyl/N-ethyl adjacent to an activating group) is 1. The van der Waals surface area contributed by atoms with Gasteiger partial charge in [-0.2, -0.15) is 0 Å². The number of nitrogens with zero attached hydrogens (tertiary/aromatic N) is 2. The lowest BCUT2D eigenvalue weighted by molar-refractivity contribution is -0.131. The second-order valence-corrected chi connectivity index (χ2v) is 5.75. The minimum Gasteiger partial charge on any atom is -0.340 e. The smallest absolute Gasteiger partial charge is 0.219 e. The van der Waals surface area contributed by atoms with Crippen LogP contribution in [-0.2, 0) is 4.79 Å². The third-order valence-corrected chi connectivity index (χ3v) is 4.07. The minimum absolute atomic E-state index is 0.181. The van der Waals surface area contributed by atoms with E-state index >= 15 is 0 Å². The van der Waals surface area contributed by atoms with Gasteiger partial charge in [0.05, 0.1) is 6.04 Å². The van der Waals surface area contributed by atoms with Crippen LogP contribution in [0.25, 0.3) is 0 Å². The van der Waals surface area contributed by atoms with Gasteiger partial charge in [-0.3, -0.25) is 9.69 Å². The Morgan fingerprint density at radius 2 is 1.95 bits per heavy atom. The van der Waals surface area contributed by atoms with Crippen molar-refractivity contribution in [2.75, 3.05) is 26.7 Å². The van der Waals surface area contributed by atoms with E-state index in [1.807, 2.05) is 4.90 Å². The number of amides is 1. The van der Waals surface area contributed by atoms with E-state index in [4.69, 9.17) is 0 Å². The van der Waals surface area contributed by atoms with Crippen molar-refractivity contribution in [2.24, 2.45) is 0 Å². The van der Waals surface area contributed by atoms with Crippen LogP contribution in [-0.4, -0.2) is 42.4 Å². The Bertz CT molecular complexity index is 456. The number of carbonyl (C=O) groups is 1. The normalized spacial score (nSPS) is 20.9. The SMILES string of the molecule is CC(=O)N1CCN(C)C(c2ccccc2C(C)C)C1. The van der Waals surface area contributed by atoms with Gasteiger partial charge in [0.15, 0.2) is 0 Å². The molecular weight excluding hydrogens is 236 g/mol. The predicted octanol–water partition coefficient (Wildman–Crippen LogP) is 2.65. The van der Waals surface area contributed by atoms with Gasteiger partial charge >= 0.3 is 0 Å². The second-order valence-electron chi connectivity index (χ2n) is 5.75. The average Bonchev–Trinajstić information content (AvgIpc) is 2.39. The molecule has 1 heterocycles. The molecule has 1 saturated heterocycles. The molecule has 19 heavy (non-hydrogen) atoms. The van der Waals surface area contributed by atoms with Crippen molar-refractivity contribution in [2.45, 2.75) is 32.7 Å². The van der Waals surface area contributed by atoms with Gasteiger partial charge in [0, 0.05) is 26.6 Å². The second kappa shape index (κ2) is 5.74. The predicted molar refractivity (Wildman–Crippen MR) is 78.2 cm³/mol. The molecule has 2 rings (SSSR count). The average molecular weight is 260 g/mol. The summed E-state index contributed by atoms with van der Waals surface area (Å²) in [5, 5.41) is 0. The maximum Gasteiger partial charge on any atom is 0.219 e. The van der Waals surface area contributed by atoms with Crippen LogP contribution in [0.4, 0.5) is 0 Å². The van der Waals surface area contributed by atoms with Crippen LogP contribution in [0, 0.1) is 0 Å². The van der Waals surface area contributed by atoms with Crippen LogP contribution in [0.1, 0.15) is 43.9 Å². The van der Waals surface area contributed by atoms with Crippen molar-refractivity contribution in [3.63, 3.8) is 0 Å². The van der Waals surface area contributed by atoms with Gasteiger partial charge in [-0.25, -0.2) is 0 Å². The summed E-state index contributed by atoms with van der Waals surface area (Å²) in [5.41, 5.74) is 2.76. The Labute approximate surface area is 116 Å². The summed E-state index contributed by atoms with van der Waals surface area (Å²) in [6, 6.07) is 8.93. The first-order chi connectivity index (χ1) is 9.00. The van der Waals surface area contributed by atoms with Gasteiger partial charge in [0.25, 0.3) is 0 Å². The van der Waals surface area contributed by atoms with Gasteiger partial charge in [-0.1, -0.05) is 38.1 Å². The Morgan fingerprint density at radius 3 is 2.58 bits per heavy atom. The first-order valence-corrected chi connectivity index (χ1v) is 7.05. The summed E-state index contributed by atoms with van der Waals surface area (Å²) in [5.74, 6) is 0.692. The molecule has 3 nitrogen and oxygen atoms in total. The van der Waals surface area contributed by atoms with Crippen molar-refractivity contribution in [1.29, 1.82) is 0 Å². The number of benzene rings is 1. The van der Waals surface area contributed by atoms with Crippen LogP contribution >= 0.6 is 0 Å². The van der Waals surface area contributed by atoms with E-state index in [2.05, 4.69) is 50.1 Å². The van der Waals surface area contributed by atoms with Crippen molar-refractivity contribution in [3.8, 4) is 0 Å². The fourth-order valence-electron chi connectivity index (χ4n) is 2.84. The number of hydrogen-bond donors (Lipinski definition) is 0. The molecule has 1 atom stereocenters. The molecule has 0 radical (unpaired) electrons. The first-order valence-electron chi connectivity index (χ1n) is 7.05. The zero-order chi connectivity index (χ0) is 14.0. The highest BCUT2D eigenvalue weighted by Crippen LogP contribution is 2.30. The van der Waals surface area contributed by atoms with E-state index < -0.39 is 0 Å². The van der Waals surface area contributed by atoms with Crippen molar-refractivity contribution in [3.05, 3.63) is 35.4 Å². The standard InChI is InChI=1S/C16H24N2O/c1-12(2)14-7-5-6-8-15(14)16-11-18(13(3)19)10-9-17(16)4/h5-8,12,16H,9-11H2,1-4H3. The van der Waals surface area contributed by atoms with Gasteiger partial charge in [0.2, 0.25) is 5.91 Å². The van der Waals surface area contributed by atoms with Crippen LogP contribution in [0.3, 0.4) is 0 Å². The van der Waals surface area contributed by atoms with Crippen LogP contribution < -0.4 is 0 Å². The molecule has 0 aliphatic carbocycles. The Morgan fingerprint density at radius 1 is 1.26 bits per heavy atom. The maximum atomic E-state index is 11.6. The molecule has 0 N–H and O–H groups in total. The van der Waals surface area contributed by atoms with Crippen LogP contribution in [0.2, 0.25) is 0 Å². The summed E-state index contributed by atoms with van der Waals surface area (Å²) in [6.07, 6.45) is 0. The van der Waals surface area contributed by atoms with Gasteiger partial charge in [0.1, 0.15) is 0 Å². The molecule has 1 unspecified atom stereocenters. The Kier molecular flexibility index (Phi) is 4.25. The molecular formula is C16H24N2O. The highest BCUT2D eigenvalue weighted by atomic mass is 16.2. The molecule has 3 heteroatoms. The fourth-order valence-corrected chi connectivity index (χ4v) is 2.84. The summed E-state index contributed by atoms with van der Waals surface area (Å²) >= 11 is 0. The molecule has 1 aromatic rings. The largest absolute Gasteiger partial charge is 0.340 e. The first kappa shape index (κ1) is 14.1. The quantitative estimate of drug-likeness (QED) is 0.816. The van der Waals surface area contributed by atoms with E-state index in [1.54, 1.807) is 6.92 Å². The molecule has 0 spiro atoms. The highest BCUT2D eigenvalue weighted by Gasteiger charge is 2.28. The summed E-state index contributed by atoms with van der Waals surface area (Å²) in [7, 11) is 2.15. The Balaban J connectivity index is 2.31. The topological polar surface area (TPSA) is 23.6 Å². The van der Waals surface area contributed by atoms with Crippen LogP contribution in [0.15, 0.2) is 24.3 Å². The fraction of sp³-hybridized carbons (Fsp3) is 0.562. The van der Waals surface area contributed by atoms with E-state index in [0.29, 0.717) is 12.0 Å². The Hall–Kier alpha value is -1.35. The van der Waals surface area contributed by atoms with Crippen LogP contribution in [0.5, 0.6) is 0 Å².